The van der Waals surface area contributed by atoms with Crippen LogP contribution in [0.5, 0.6) is 11.5 Å². The van der Waals surface area contributed by atoms with Crippen LogP contribution in [0, 0.1) is 0 Å². The Bertz CT molecular complexity index is 1350. The number of allylic oxidation sites excluding steroid dienone is 1. The molecule has 2 aromatic rings. The molecule has 2 heterocycles. The first kappa shape index (κ1) is 33.7. The lowest BCUT2D eigenvalue weighted by atomic mass is 10.0. The number of aliphatic carboxylic acids is 1. The van der Waals surface area contributed by atoms with E-state index in [4.69, 9.17) is 14.6 Å². The number of nitrogens with one attached hydrogen (secondary N) is 3. The molecule has 11 nitrogen and oxygen atoms in total. The van der Waals surface area contributed by atoms with Crippen molar-refractivity contribution in [3.63, 3.8) is 0 Å². The van der Waals surface area contributed by atoms with Gasteiger partial charge in [-0.15, -0.1) is 0 Å². The number of ketones is 1. The molecule has 12 heteroatoms. The van der Waals surface area contributed by atoms with Crippen molar-refractivity contribution < 1.29 is 38.9 Å². The zero-order valence-electron chi connectivity index (χ0n) is 25.2. The van der Waals surface area contributed by atoms with E-state index >= 15 is 0 Å². The van der Waals surface area contributed by atoms with Crippen LogP contribution in [0.4, 0.5) is 4.79 Å². The summed E-state index contributed by atoms with van der Waals surface area (Å²) in [6, 6.07) is 14.5. The van der Waals surface area contributed by atoms with Gasteiger partial charge in [0.1, 0.15) is 18.1 Å². The summed E-state index contributed by atoms with van der Waals surface area (Å²) in [5.74, 6) is -1.54. The Morgan fingerprint density at radius 1 is 0.933 bits per heavy atom. The molecule has 45 heavy (non-hydrogen) atoms. The Morgan fingerprint density at radius 3 is 2.47 bits per heavy atom. The molecule has 242 valence electrons. The second kappa shape index (κ2) is 17.3. The number of ether oxygens (including phenoxy) is 2. The van der Waals surface area contributed by atoms with Gasteiger partial charge in [-0.1, -0.05) is 49.6 Å². The van der Waals surface area contributed by atoms with Crippen LogP contribution in [0.2, 0.25) is 0 Å². The number of hydrogen-bond acceptors (Lipinski definition) is 8. The van der Waals surface area contributed by atoms with Crippen molar-refractivity contribution in [1.82, 2.24) is 16.0 Å². The van der Waals surface area contributed by atoms with Gasteiger partial charge in [-0.05, 0) is 43.4 Å². The minimum Gasteiger partial charge on any atom is -0.502 e. The number of benzene rings is 2. The van der Waals surface area contributed by atoms with Gasteiger partial charge in [-0.2, -0.15) is 11.8 Å². The summed E-state index contributed by atoms with van der Waals surface area (Å²) in [6.45, 7) is 1.30. The molecular formula is C33H41N3O8S. The highest BCUT2D eigenvalue weighted by Gasteiger charge is 2.42. The van der Waals surface area contributed by atoms with Gasteiger partial charge in [0.2, 0.25) is 11.7 Å². The minimum atomic E-state index is -1.59. The minimum absolute atomic E-state index is 0.0670. The SMILES string of the molecule is O=C(CCCCC1SCC2NC(=O)NC21)NCCCCCCOc1cc(OCc2ccccc2)cc(C(=O)C=C(O)C(=O)O)c1. The second-order valence-electron chi connectivity index (χ2n) is 11.1. The summed E-state index contributed by atoms with van der Waals surface area (Å²) in [6.07, 6.45) is 7.41. The lowest BCUT2D eigenvalue weighted by molar-refractivity contribution is -0.135. The van der Waals surface area contributed by atoms with Crippen LogP contribution >= 0.6 is 11.8 Å². The van der Waals surface area contributed by atoms with E-state index < -0.39 is 17.5 Å². The fraction of sp³-hybridized carbons (Fsp3) is 0.455. The quantitative estimate of drug-likeness (QED) is 0.0480. The number of amides is 3. The van der Waals surface area contributed by atoms with Crippen LogP contribution in [-0.4, -0.2) is 70.1 Å². The molecule has 0 radical (unpaired) electrons. The molecule has 0 saturated carbocycles. The number of aliphatic hydroxyl groups is 1. The average Bonchev–Trinajstić information content (AvgIpc) is 3.58. The van der Waals surface area contributed by atoms with Gasteiger partial charge in [-0.25, -0.2) is 9.59 Å². The van der Waals surface area contributed by atoms with E-state index in [1.165, 1.54) is 12.1 Å². The maximum Gasteiger partial charge on any atom is 0.371 e. The average molecular weight is 640 g/mol. The van der Waals surface area contributed by atoms with Crippen molar-refractivity contribution in [3.05, 3.63) is 71.5 Å². The summed E-state index contributed by atoms with van der Waals surface area (Å²) in [5, 5.41) is 27.8. The number of unbranched alkanes of at least 4 members (excludes halogenated alkanes) is 4. The lowest BCUT2D eigenvalue weighted by Crippen LogP contribution is -2.36. The molecule has 2 aliphatic heterocycles. The van der Waals surface area contributed by atoms with Crippen molar-refractivity contribution in [2.24, 2.45) is 0 Å². The Kier molecular flexibility index (Phi) is 13.0. The third-order valence-electron chi connectivity index (χ3n) is 7.64. The standard InChI is InChI=1S/C33H41N3O8S/c37-27(19-28(38)32(40)41)23-16-24(18-25(17-23)44-20-22-10-4-3-5-11-22)43-15-9-2-1-8-14-34-30(39)13-7-6-12-29-31-26(21-45-29)35-33(42)36-31/h3-5,10-11,16-19,26,29,31,38H,1-2,6-9,12-15,20-21H2,(H,34,39)(H,40,41)(H2,35,36,42). The number of carbonyl (C=O) groups excluding carboxylic acids is 3. The highest BCUT2D eigenvalue weighted by Crippen LogP contribution is 2.33. The van der Waals surface area contributed by atoms with Crippen LogP contribution < -0.4 is 25.4 Å². The molecule has 0 bridgehead atoms. The molecule has 0 aliphatic carbocycles. The summed E-state index contributed by atoms with van der Waals surface area (Å²) >= 11 is 1.89. The van der Waals surface area contributed by atoms with Crippen molar-refractivity contribution in [1.29, 1.82) is 0 Å². The van der Waals surface area contributed by atoms with Gasteiger partial charge >= 0.3 is 12.0 Å². The van der Waals surface area contributed by atoms with Crippen LogP contribution in [0.25, 0.3) is 0 Å². The summed E-state index contributed by atoms with van der Waals surface area (Å²) < 4.78 is 11.7. The van der Waals surface area contributed by atoms with Crippen molar-refractivity contribution in [3.8, 4) is 11.5 Å². The number of urea groups is 1. The first-order valence-electron chi connectivity index (χ1n) is 15.4. The summed E-state index contributed by atoms with van der Waals surface area (Å²) in [7, 11) is 0. The predicted octanol–water partition coefficient (Wildman–Crippen LogP) is 4.76. The number of carboxylic acid groups (broad SMARTS) is 1. The molecular weight excluding hydrogens is 598 g/mol. The fourth-order valence-corrected chi connectivity index (χ4v) is 6.80. The smallest absolute Gasteiger partial charge is 0.371 e. The van der Waals surface area contributed by atoms with Crippen LogP contribution in [0.15, 0.2) is 60.4 Å². The van der Waals surface area contributed by atoms with E-state index in [0.29, 0.717) is 42.4 Å². The predicted molar refractivity (Wildman–Crippen MR) is 171 cm³/mol. The highest BCUT2D eigenvalue weighted by molar-refractivity contribution is 8.00. The number of hydrogen-bond donors (Lipinski definition) is 5. The molecule has 0 spiro atoms. The molecule has 3 unspecified atom stereocenters. The number of thioether (sulfide) groups is 1. The van der Waals surface area contributed by atoms with Crippen molar-refractivity contribution in [2.45, 2.75) is 75.3 Å². The maximum atomic E-state index is 12.6. The number of carboxylic acids is 1. The maximum absolute atomic E-state index is 12.6. The Labute approximate surface area is 267 Å². The molecule has 4 rings (SSSR count). The molecule has 2 aromatic carbocycles. The summed E-state index contributed by atoms with van der Waals surface area (Å²) in [4.78, 5) is 47.2. The van der Waals surface area contributed by atoms with Crippen molar-refractivity contribution >= 4 is 35.5 Å². The van der Waals surface area contributed by atoms with Crippen LogP contribution in [0.1, 0.15) is 67.3 Å². The van der Waals surface area contributed by atoms with E-state index in [-0.39, 0.29) is 36.2 Å². The Hall–Kier alpha value is -4.19. The first-order chi connectivity index (χ1) is 21.8. The number of aliphatic hydroxyl groups excluding tert-OH is 1. The zero-order valence-corrected chi connectivity index (χ0v) is 26.0. The molecule has 5 N–H and O–H groups in total. The zero-order chi connectivity index (χ0) is 32.0. The van der Waals surface area contributed by atoms with E-state index in [9.17, 15) is 24.3 Å². The van der Waals surface area contributed by atoms with Crippen LogP contribution in [-0.2, 0) is 16.2 Å². The third-order valence-corrected chi connectivity index (χ3v) is 9.15. The largest absolute Gasteiger partial charge is 0.502 e. The van der Waals surface area contributed by atoms with Crippen molar-refractivity contribution in [2.75, 3.05) is 18.9 Å². The Morgan fingerprint density at radius 2 is 1.69 bits per heavy atom. The van der Waals surface area contributed by atoms with Gasteiger partial charge in [-0.3, -0.25) is 9.59 Å². The third kappa shape index (κ3) is 11.0. The second-order valence-corrected chi connectivity index (χ2v) is 12.4. The number of rotatable bonds is 19. The van der Waals surface area contributed by atoms with Gasteiger partial charge in [0.05, 0.1) is 18.7 Å². The topological polar surface area (TPSA) is 163 Å². The summed E-state index contributed by atoms with van der Waals surface area (Å²) in [5.41, 5.74) is 1.07. The van der Waals surface area contributed by atoms with Gasteiger partial charge < -0.3 is 35.6 Å². The molecule has 2 saturated heterocycles. The fourth-order valence-electron chi connectivity index (χ4n) is 5.25. The molecule has 3 atom stereocenters. The molecule has 2 fully saturated rings. The number of carbonyl (C=O) groups is 4. The highest BCUT2D eigenvalue weighted by atomic mass is 32.2. The van der Waals surface area contributed by atoms with Crippen LogP contribution in [0.3, 0.4) is 0 Å². The normalized spacial score (nSPS) is 18.9. The van der Waals surface area contributed by atoms with Gasteiger partial charge in [0.25, 0.3) is 0 Å². The van der Waals surface area contributed by atoms with Gasteiger partial charge in [0.15, 0.2) is 5.78 Å². The number of fused-ring (bicyclic) bond motifs is 1. The Balaban J connectivity index is 1.11. The van der Waals surface area contributed by atoms with E-state index in [1.54, 1.807) is 6.07 Å². The first-order valence-corrected chi connectivity index (χ1v) is 16.4. The van der Waals surface area contributed by atoms with E-state index in [2.05, 4.69) is 16.0 Å². The van der Waals surface area contributed by atoms with E-state index in [1.807, 2.05) is 42.1 Å². The molecule has 3 amide bonds. The lowest BCUT2D eigenvalue weighted by Gasteiger charge is -2.16. The van der Waals surface area contributed by atoms with E-state index in [0.717, 1.165) is 56.3 Å². The molecule has 2 aliphatic rings. The monoisotopic (exact) mass is 639 g/mol. The van der Waals surface area contributed by atoms with Gasteiger partial charge in [0, 0.05) is 41.7 Å². The molecule has 0 aromatic heterocycles.